The standard InChI is InChI=1S/C17H23N3O2/c18-14-2-1-3-20(17(14)22)9-15(21)19-16-12-5-10-4-11(7-12)8-13(16)6-10/h1-3,10-13,16H,4-9,18H2,(H,19,21). The van der Waals surface area contributed by atoms with Gasteiger partial charge in [-0.1, -0.05) is 0 Å². The van der Waals surface area contributed by atoms with Crippen molar-refractivity contribution in [1.29, 1.82) is 0 Å². The molecular weight excluding hydrogens is 278 g/mol. The first-order valence-electron chi connectivity index (χ1n) is 8.34. The Morgan fingerprint density at radius 2 is 1.82 bits per heavy atom. The third kappa shape index (κ3) is 2.32. The second kappa shape index (κ2) is 5.14. The van der Waals surface area contributed by atoms with Gasteiger partial charge < -0.3 is 15.6 Å². The summed E-state index contributed by atoms with van der Waals surface area (Å²) in [6.07, 6.45) is 8.13. The fourth-order valence-corrected chi connectivity index (χ4v) is 5.23. The van der Waals surface area contributed by atoms with Crippen LogP contribution in [0, 0.1) is 23.7 Å². The van der Waals surface area contributed by atoms with Gasteiger partial charge >= 0.3 is 0 Å². The fraction of sp³-hybridized carbons (Fsp3) is 0.647. The molecule has 4 aliphatic rings. The van der Waals surface area contributed by atoms with E-state index in [2.05, 4.69) is 5.32 Å². The second-order valence-electron chi connectivity index (χ2n) is 7.42. The second-order valence-corrected chi connectivity index (χ2v) is 7.42. The van der Waals surface area contributed by atoms with Crippen LogP contribution in [0.1, 0.15) is 32.1 Å². The Kier molecular flexibility index (Phi) is 3.24. The number of hydrogen-bond donors (Lipinski definition) is 2. The molecule has 4 aliphatic carbocycles. The van der Waals surface area contributed by atoms with Crippen LogP contribution in [0.15, 0.2) is 23.1 Å². The van der Waals surface area contributed by atoms with E-state index in [9.17, 15) is 9.59 Å². The number of rotatable bonds is 3. The molecule has 0 radical (unpaired) electrons. The quantitative estimate of drug-likeness (QED) is 0.885. The van der Waals surface area contributed by atoms with E-state index in [0.717, 1.165) is 11.8 Å². The minimum atomic E-state index is -0.289. The number of nitrogen functional groups attached to an aromatic ring is 1. The summed E-state index contributed by atoms with van der Waals surface area (Å²) >= 11 is 0. The third-order valence-electron chi connectivity index (χ3n) is 5.92. The maximum absolute atomic E-state index is 12.4. The molecule has 1 amide bonds. The van der Waals surface area contributed by atoms with Crippen LogP contribution in [0.2, 0.25) is 0 Å². The van der Waals surface area contributed by atoms with Crippen LogP contribution in [0.5, 0.6) is 0 Å². The van der Waals surface area contributed by atoms with Crippen LogP contribution in [-0.2, 0) is 11.3 Å². The van der Waals surface area contributed by atoms with Crippen molar-refractivity contribution in [1.82, 2.24) is 9.88 Å². The summed E-state index contributed by atoms with van der Waals surface area (Å²) in [6, 6.07) is 3.58. The largest absolute Gasteiger partial charge is 0.394 e. The normalized spacial score (nSPS) is 35.5. The van der Waals surface area contributed by atoms with Crippen molar-refractivity contribution in [3.63, 3.8) is 0 Å². The zero-order chi connectivity index (χ0) is 15.3. The highest BCUT2D eigenvalue weighted by Gasteiger charge is 2.48. The van der Waals surface area contributed by atoms with Crippen molar-refractivity contribution < 1.29 is 4.79 Å². The molecule has 0 atom stereocenters. The number of nitrogens with one attached hydrogen (secondary N) is 1. The average molecular weight is 301 g/mol. The zero-order valence-corrected chi connectivity index (χ0v) is 12.7. The van der Waals surface area contributed by atoms with Gasteiger partial charge in [0.1, 0.15) is 6.54 Å². The Labute approximate surface area is 129 Å². The molecule has 3 N–H and O–H groups in total. The van der Waals surface area contributed by atoms with Crippen LogP contribution >= 0.6 is 0 Å². The molecule has 118 valence electrons. The van der Waals surface area contributed by atoms with Gasteiger partial charge in [-0.25, -0.2) is 0 Å². The van der Waals surface area contributed by atoms with Crippen LogP contribution in [0.25, 0.3) is 0 Å². The summed E-state index contributed by atoms with van der Waals surface area (Å²) in [5.74, 6) is 3.03. The molecule has 0 aliphatic heterocycles. The minimum Gasteiger partial charge on any atom is -0.394 e. The number of carbonyl (C=O) groups excluding carboxylic acids is 1. The molecule has 1 aromatic rings. The molecule has 1 heterocycles. The first kappa shape index (κ1) is 13.9. The highest BCUT2D eigenvalue weighted by Crippen LogP contribution is 2.53. The Morgan fingerprint density at radius 1 is 1.18 bits per heavy atom. The van der Waals surface area contributed by atoms with Crippen molar-refractivity contribution in [2.45, 2.75) is 44.7 Å². The zero-order valence-electron chi connectivity index (χ0n) is 12.7. The Hall–Kier alpha value is -1.78. The lowest BCUT2D eigenvalue weighted by Crippen LogP contribution is -2.56. The highest BCUT2D eigenvalue weighted by molar-refractivity contribution is 5.76. The molecule has 1 aromatic heterocycles. The number of hydrogen-bond acceptors (Lipinski definition) is 3. The predicted octanol–water partition coefficient (Wildman–Crippen LogP) is 1.37. The molecule has 5 heteroatoms. The van der Waals surface area contributed by atoms with E-state index >= 15 is 0 Å². The number of pyridine rings is 1. The molecule has 4 bridgehead atoms. The smallest absolute Gasteiger partial charge is 0.274 e. The summed E-state index contributed by atoms with van der Waals surface area (Å²) in [6.45, 7) is 0.0622. The molecular formula is C17H23N3O2. The molecule has 5 rings (SSSR count). The molecule has 4 fully saturated rings. The van der Waals surface area contributed by atoms with Gasteiger partial charge in [-0.3, -0.25) is 9.59 Å². The van der Waals surface area contributed by atoms with E-state index in [1.807, 2.05) is 0 Å². The van der Waals surface area contributed by atoms with Gasteiger partial charge in [-0.2, -0.15) is 0 Å². The molecule has 0 saturated heterocycles. The molecule has 0 spiro atoms. The lowest BCUT2D eigenvalue weighted by molar-refractivity contribution is -0.125. The maximum atomic E-state index is 12.4. The van der Waals surface area contributed by atoms with E-state index < -0.39 is 0 Å². The monoisotopic (exact) mass is 301 g/mol. The summed E-state index contributed by atoms with van der Waals surface area (Å²) in [5.41, 5.74) is 5.51. The number of anilines is 1. The first-order chi connectivity index (χ1) is 10.6. The van der Waals surface area contributed by atoms with E-state index in [1.165, 1.54) is 36.7 Å². The number of carbonyl (C=O) groups is 1. The van der Waals surface area contributed by atoms with Crippen molar-refractivity contribution in [2.75, 3.05) is 5.73 Å². The summed E-state index contributed by atoms with van der Waals surface area (Å²) in [4.78, 5) is 24.3. The van der Waals surface area contributed by atoms with Crippen LogP contribution in [0.3, 0.4) is 0 Å². The van der Waals surface area contributed by atoms with E-state index in [0.29, 0.717) is 17.9 Å². The van der Waals surface area contributed by atoms with Crippen molar-refractivity contribution >= 4 is 11.6 Å². The fourth-order valence-electron chi connectivity index (χ4n) is 5.23. The third-order valence-corrected chi connectivity index (χ3v) is 5.92. The molecule has 5 nitrogen and oxygen atoms in total. The van der Waals surface area contributed by atoms with Gasteiger partial charge in [0.05, 0.1) is 5.69 Å². The topological polar surface area (TPSA) is 77.1 Å². The van der Waals surface area contributed by atoms with E-state index in [1.54, 1.807) is 18.3 Å². The SMILES string of the molecule is Nc1cccn(CC(=O)NC2C3CC4CC(C3)CC2C4)c1=O. The average Bonchev–Trinajstić information content (AvgIpc) is 2.47. The van der Waals surface area contributed by atoms with Gasteiger partial charge in [0.15, 0.2) is 0 Å². The van der Waals surface area contributed by atoms with Crippen molar-refractivity contribution in [2.24, 2.45) is 23.7 Å². The van der Waals surface area contributed by atoms with Gasteiger partial charge in [0.25, 0.3) is 5.56 Å². The summed E-state index contributed by atoms with van der Waals surface area (Å²) in [7, 11) is 0. The van der Waals surface area contributed by atoms with Gasteiger partial charge in [0, 0.05) is 12.2 Å². The van der Waals surface area contributed by atoms with Gasteiger partial charge in [0.2, 0.25) is 5.91 Å². The molecule has 22 heavy (non-hydrogen) atoms. The van der Waals surface area contributed by atoms with E-state index in [4.69, 9.17) is 5.73 Å². The van der Waals surface area contributed by atoms with Crippen molar-refractivity contribution in [3.8, 4) is 0 Å². The molecule has 0 aromatic carbocycles. The van der Waals surface area contributed by atoms with Gasteiger partial charge in [-0.05, 0) is 67.9 Å². The molecule has 0 unspecified atom stereocenters. The van der Waals surface area contributed by atoms with Crippen LogP contribution in [-0.4, -0.2) is 16.5 Å². The predicted molar refractivity (Wildman–Crippen MR) is 84.1 cm³/mol. The van der Waals surface area contributed by atoms with Gasteiger partial charge in [-0.15, -0.1) is 0 Å². The first-order valence-corrected chi connectivity index (χ1v) is 8.34. The summed E-state index contributed by atoms with van der Waals surface area (Å²) < 4.78 is 1.39. The Bertz CT molecular complexity index is 624. The lowest BCUT2D eigenvalue weighted by atomic mass is 9.54. The van der Waals surface area contributed by atoms with Crippen LogP contribution < -0.4 is 16.6 Å². The van der Waals surface area contributed by atoms with E-state index in [-0.39, 0.29) is 23.7 Å². The number of nitrogens with two attached hydrogens (primary N) is 1. The number of amides is 1. The minimum absolute atomic E-state index is 0.0622. The number of nitrogens with zero attached hydrogens (tertiary/aromatic N) is 1. The van der Waals surface area contributed by atoms with Crippen molar-refractivity contribution in [3.05, 3.63) is 28.7 Å². The summed E-state index contributed by atoms with van der Waals surface area (Å²) in [5, 5.41) is 3.22. The maximum Gasteiger partial charge on any atom is 0.274 e. The Morgan fingerprint density at radius 3 is 2.45 bits per heavy atom. The highest BCUT2D eigenvalue weighted by atomic mass is 16.2. The number of aromatic nitrogens is 1. The molecule has 4 saturated carbocycles. The Balaban J connectivity index is 1.44. The lowest BCUT2D eigenvalue weighted by Gasteiger charge is -2.54. The van der Waals surface area contributed by atoms with Crippen LogP contribution in [0.4, 0.5) is 5.69 Å².